The third-order valence-electron chi connectivity index (χ3n) is 4.40. The van der Waals surface area contributed by atoms with Crippen LogP contribution in [-0.2, 0) is 11.3 Å². The van der Waals surface area contributed by atoms with Gasteiger partial charge in [0, 0.05) is 23.4 Å². The second kappa shape index (κ2) is 10.1. The number of anilines is 1. The van der Waals surface area contributed by atoms with Crippen molar-refractivity contribution in [3.63, 3.8) is 0 Å². The number of nitrogens with zero attached hydrogens (tertiary/aromatic N) is 3. The smallest absolute Gasteiger partial charge is 0.248 e. The van der Waals surface area contributed by atoms with Gasteiger partial charge in [0.15, 0.2) is 11.0 Å². The van der Waals surface area contributed by atoms with Gasteiger partial charge in [-0.25, -0.2) is 0 Å². The van der Waals surface area contributed by atoms with Gasteiger partial charge in [0.2, 0.25) is 11.8 Å². The van der Waals surface area contributed by atoms with Crippen molar-refractivity contribution < 1.29 is 14.3 Å². The molecule has 0 aliphatic heterocycles. The zero-order chi connectivity index (χ0) is 22.4. The SMILES string of the molecule is COc1ccc(-c2nnc(SCC(=O)Nc3ccc(C(N)=O)cc3)n2CC(C)C)cc1. The maximum absolute atomic E-state index is 12.4. The van der Waals surface area contributed by atoms with Gasteiger partial charge in [0.1, 0.15) is 5.75 Å². The van der Waals surface area contributed by atoms with E-state index in [1.807, 2.05) is 28.8 Å². The highest BCUT2D eigenvalue weighted by atomic mass is 32.2. The van der Waals surface area contributed by atoms with Gasteiger partial charge in [-0.05, 0) is 54.4 Å². The Balaban J connectivity index is 1.70. The van der Waals surface area contributed by atoms with E-state index in [0.29, 0.717) is 22.3 Å². The summed E-state index contributed by atoms with van der Waals surface area (Å²) < 4.78 is 7.26. The van der Waals surface area contributed by atoms with E-state index in [0.717, 1.165) is 23.7 Å². The first-order valence-corrected chi connectivity index (χ1v) is 10.8. The number of nitrogens with two attached hydrogens (primary N) is 1. The normalized spacial score (nSPS) is 10.8. The van der Waals surface area contributed by atoms with Crippen LogP contribution in [0.25, 0.3) is 11.4 Å². The Kier molecular flexibility index (Phi) is 7.30. The average Bonchev–Trinajstić information content (AvgIpc) is 3.14. The lowest BCUT2D eigenvalue weighted by atomic mass is 10.2. The summed E-state index contributed by atoms with van der Waals surface area (Å²) in [5.41, 5.74) is 7.15. The summed E-state index contributed by atoms with van der Waals surface area (Å²) in [4.78, 5) is 23.5. The Morgan fingerprint density at radius 2 is 1.77 bits per heavy atom. The largest absolute Gasteiger partial charge is 0.497 e. The fourth-order valence-electron chi connectivity index (χ4n) is 2.92. The number of nitrogens with one attached hydrogen (secondary N) is 1. The summed E-state index contributed by atoms with van der Waals surface area (Å²) in [6, 6.07) is 14.1. The number of benzene rings is 2. The predicted octanol–water partition coefficient (Wildman–Crippen LogP) is 3.44. The zero-order valence-electron chi connectivity index (χ0n) is 17.7. The molecule has 0 radical (unpaired) electrons. The minimum atomic E-state index is -0.509. The van der Waals surface area contributed by atoms with E-state index in [9.17, 15) is 9.59 Å². The van der Waals surface area contributed by atoms with E-state index in [4.69, 9.17) is 10.5 Å². The van der Waals surface area contributed by atoms with Crippen LogP contribution < -0.4 is 15.8 Å². The van der Waals surface area contributed by atoms with Crippen molar-refractivity contribution in [2.75, 3.05) is 18.2 Å². The van der Waals surface area contributed by atoms with Gasteiger partial charge in [-0.15, -0.1) is 10.2 Å². The first-order chi connectivity index (χ1) is 14.9. The average molecular weight is 440 g/mol. The highest BCUT2D eigenvalue weighted by Crippen LogP contribution is 2.26. The number of carbonyl (C=O) groups excluding carboxylic acids is 2. The third kappa shape index (κ3) is 5.85. The molecule has 31 heavy (non-hydrogen) atoms. The first kappa shape index (κ1) is 22.4. The molecule has 3 rings (SSSR count). The third-order valence-corrected chi connectivity index (χ3v) is 5.37. The molecule has 0 saturated carbocycles. The molecule has 0 bridgehead atoms. The molecule has 0 atom stereocenters. The van der Waals surface area contributed by atoms with Crippen LogP contribution in [0, 0.1) is 5.92 Å². The molecular formula is C22H25N5O3S. The molecule has 0 aliphatic rings. The van der Waals surface area contributed by atoms with Crippen molar-refractivity contribution in [2.45, 2.75) is 25.5 Å². The highest BCUT2D eigenvalue weighted by Gasteiger charge is 2.17. The van der Waals surface area contributed by atoms with Gasteiger partial charge >= 0.3 is 0 Å². The minimum Gasteiger partial charge on any atom is -0.497 e. The molecule has 1 aromatic heterocycles. The van der Waals surface area contributed by atoms with Crippen LogP contribution in [0.15, 0.2) is 53.7 Å². The van der Waals surface area contributed by atoms with Gasteiger partial charge < -0.3 is 20.4 Å². The van der Waals surface area contributed by atoms with Crippen LogP contribution in [0.4, 0.5) is 5.69 Å². The molecule has 2 aromatic carbocycles. The van der Waals surface area contributed by atoms with E-state index < -0.39 is 5.91 Å². The summed E-state index contributed by atoms with van der Waals surface area (Å²) in [5, 5.41) is 12.2. The predicted molar refractivity (Wildman–Crippen MR) is 121 cm³/mol. The van der Waals surface area contributed by atoms with Crippen LogP contribution in [0.5, 0.6) is 5.75 Å². The zero-order valence-corrected chi connectivity index (χ0v) is 18.5. The molecule has 0 spiro atoms. The second-order valence-electron chi connectivity index (χ2n) is 7.32. The number of amides is 2. The van der Waals surface area contributed by atoms with E-state index >= 15 is 0 Å². The van der Waals surface area contributed by atoms with Crippen LogP contribution in [-0.4, -0.2) is 39.4 Å². The number of ether oxygens (including phenoxy) is 1. The molecule has 3 aromatic rings. The number of primary amides is 1. The van der Waals surface area contributed by atoms with Crippen molar-refractivity contribution in [3.05, 3.63) is 54.1 Å². The van der Waals surface area contributed by atoms with Crippen LogP contribution in [0.2, 0.25) is 0 Å². The number of aromatic nitrogens is 3. The molecule has 162 valence electrons. The van der Waals surface area contributed by atoms with Gasteiger partial charge in [0.25, 0.3) is 0 Å². The number of rotatable bonds is 9. The maximum Gasteiger partial charge on any atom is 0.248 e. The first-order valence-electron chi connectivity index (χ1n) is 9.77. The van der Waals surface area contributed by atoms with E-state index in [1.165, 1.54) is 11.8 Å². The minimum absolute atomic E-state index is 0.177. The van der Waals surface area contributed by atoms with Gasteiger partial charge in [-0.2, -0.15) is 0 Å². The number of methoxy groups -OCH3 is 1. The molecule has 3 N–H and O–H groups in total. The molecule has 9 heteroatoms. The van der Waals surface area contributed by atoms with E-state index in [2.05, 4.69) is 29.4 Å². The lowest BCUT2D eigenvalue weighted by Gasteiger charge is -2.13. The standard InChI is InChI=1S/C22H25N5O3S/c1-14(2)12-27-21(16-6-10-18(30-3)11-7-16)25-26-22(27)31-13-19(28)24-17-8-4-15(5-9-17)20(23)29/h4-11,14H,12-13H2,1-3H3,(H2,23,29)(H,24,28). The quantitative estimate of drug-likeness (QED) is 0.494. The summed E-state index contributed by atoms with van der Waals surface area (Å²) in [7, 11) is 1.63. The lowest BCUT2D eigenvalue weighted by Crippen LogP contribution is -2.16. The Hall–Kier alpha value is -3.33. The number of hydrogen-bond donors (Lipinski definition) is 2. The molecule has 0 aliphatic carbocycles. The van der Waals surface area contributed by atoms with Crippen molar-refractivity contribution in [2.24, 2.45) is 11.7 Å². The summed E-state index contributed by atoms with van der Waals surface area (Å²) in [6.45, 7) is 4.97. The van der Waals surface area contributed by atoms with Crippen molar-refractivity contribution in [1.29, 1.82) is 0 Å². The van der Waals surface area contributed by atoms with Crippen molar-refractivity contribution >= 4 is 29.3 Å². The van der Waals surface area contributed by atoms with Gasteiger partial charge in [-0.1, -0.05) is 25.6 Å². The Bertz CT molecular complexity index is 1050. The van der Waals surface area contributed by atoms with Gasteiger partial charge in [-0.3, -0.25) is 9.59 Å². The van der Waals surface area contributed by atoms with Crippen molar-refractivity contribution in [3.8, 4) is 17.1 Å². The monoisotopic (exact) mass is 439 g/mol. The second-order valence-corrected chi connectivity index (χ2v) is 8.26. The van der Waals surface area contributed by atoms with E-state index in [-0.39, 0.29) is 11.7 Å². The fraction of sp³-hybridized carbons (Fsp3) is 0.273. The summed E-state index contributed by atoms with van der Waals surface area (Å²) in [6.07, 6.45) is 0. The van der Waals surface area contributed by atoms with E-state index in [1.54, 1.807) is 31.4 Å². The lowest BCUT2D eigenvalue weighted by molar-refractivity contribution is -0.113. The molecule has 8 nitrogen and oxygen atoms in total. The molecule has 0 saturated heterocycles. The number of carbonyl (C=O) groups is 2. The van der Waals surface area contributed by atoms with Crippen LogP contribution >= 0.6 is 11.8 Å². The number of hydrogen-bond acceptors (Lipinski definition) is 6. The van der Waals surface area contributed by atoms with Crippen LogP contribution in [0.1, 0.15) is 24.2 Å². The summed E-state index contributed by atoms with van der Waals surface area (Å²) in [5.74, 6) is 1.39. The molecule has 0 unspecified atom stereocenters. The van der Waals surface area contributed by atoms with Gasteiger partial charge in [0.05, 0.1) is 12.9 Å². The Morgan fingerprint density at radius 3 is 2.35 bits per heavy atom. The topological polar surface area (TPSA) is 112 Å². The highest BCUT2D eigenvalue weighted by molar-refractivity contribution is 7.99. The molecule has 2 amide bonds. The summed E-state index contributed by atoms with van der Waals surface area (Å²) >= 11 is 1.33. The number of thioether (sulfide) groups is 1. The molecule has 0 fully saturated rings. The van der Waals surface area contributed by atoms with Crippen molar-refractivity contribution in [1.82, 2.24) is 14.8 Å². The maximum atomic E-state index is 12.4. The fourth-order valence-corrected chi connectivity index (χ4v) is 3.67. The molecular weight excluding hydrogens is 414 g/mol. The van der Waals surface area contributed by atoms with Crippen LogP contribution in [0.3, 0.4) is 0 Å². The Morgan fingerprint density at radius 1 is 1.10 bits per heavy atom. The molecule has 1 heterocycles. The Labute approximate surface area is 185 Å².